The summed E-state index contributed by atoms with van der Waals surface area (Å²) in [6, 6.07) is 12.7. The Morgan fingerprint density at radius 2 is 2.00 bits per heavy atom. The van der Waals surface area contributed by atoms with E-state index < -0.39 is 5.97 Å². The zero-order valence-electron chi connectivity index (χ0n) is 12.6. The number of rotatable bonds is 5. The highest BCUT2D eigenvalue weighted by Crippen LogP contribution is 2.32. The fourth-order valence-electron chi connectivity index (χ4n) is 2.31. The first-order chi connectivity index (χ1) is 11.5. The largest absolute Gasteiger partial charge is 0.506 e. The summed E-state index contributed by atoms with van der Waals surface area (Å²) in [6.07, 6.45) is 2.26. The van der Waals surface area contributed by atoms with E-state index in [9.17, 15) is 9.90 Å². The van der Waals surface area contributed by atoms with Crippen molar-refractivity contribution in [2.45, 2.75) is 12.8 Å². The number of nitrogens with zero attached hydrogens (tertiary/aromatic N) is 1. The van der Waals surface area contributed by atoms with Gasteiger partial charge in [-0.05, 0) is 47.9 Å². The van der Waals surface area contributed by atoms with Crippen LogP contribution < -0.4 is 0 Å². The van der Waals surface area contributed by atoms with Crippen LogP contribution >= 0.6 is 22.9 Å². The number of aliphatic carboxylic acids is 1. The van der Waals surface area contributed by atoms with Crippen LogP contribution in [0.2, 0.25) is 5.02 Å². The maximum Gasteiger partial charge on any atom is 0.303 e. The number of benzene rings is 2. The molecule has 3 aromatic rings. The zero-order chi connectivity index (χ0) is 17.1. The molecule has 0 atom stereocenters. The van der Waals surface area contributed by atoms with Gasteiger partial charge in [-0.3, -0.25) is 4.79 Å². The van der Waals surface area contributed by atoms with Crippen LogP contribution in [0.5, 0.6) is 5.75 Å². The number of carbonyl (C=O) groups is 1. The number of aromatic hydroxyl groups is 1. The Morgan fingerprint density at radius 1 is 1.21 bits per heavy atom. The number of halogens is 1. The lowest BCUT2D eigenvalue weighted by Gasteiger charge is -2.04. The third-order valence-electron chi connectivity index (χ3n) is 3.49. The van der Waals surface area contributed by atoms with Crippen molar-refractivity contribution in [3.8, 4) is 5.75 Å². The number of hydrogen-bond acceptors (Lipinski definition) is 4. The molecular formula is C18H14ClNO3S. The Bertz CT molecular complexity index is 900. The maximum atomic E-state index is 11.0. The maximum absolute atomic E-state index is 11.0. The number of hydrogen-bond donors (Lipinski definition) is 2. The average molecular weight is 360 g/mol. The molecular weight excluding hydrogens is 346 g/mol. The molecule has 24 heavy (non-hydrogen) atoms. The fourth-order valence-corrected chi connectivity index (χ4v) is 3.50. The van der Waals surface area contributed by atoms with E-state index in [0.29, 0.717) is 6.42 Å². The Morgan fingerprint density at radius 3 is 2.71 bits per heavy atom. The number of allylic oxidation sites excluding steroid dienone is 1. The summed E-state index contributed by atoms with van der Waals surface area (Å²) >= 11 is 7.48. The topological polar surface area (TPSA) is 70.4 Å². The Balaban J connectivity index is 2.02. The molecule has 0 amide bonds. The third-order valence-corrected chi connectivity index (χ3v) is 4.90. The predicted molar refractivity (Wildman–Crippen MR) is 97.5 cm³/mol. The second-order valence-corrected chi connectivity index (χ2v) is 6.70. The molecule has 3 rings (SSSR count). The highest BCUT2D eigenvalue weighted by molar-refractivity contribution is 7.19. The molecule has 0 aliphatic rings. The Kier molecular flexibility index (Phi) is 4.83. The van der Waals surface area contributed by atoms with E-state index in [1.807, 2.05) is 30.3 Å². The van der Waals surface area contributed by atoms with Gasteiger partial charge in [0.25, 0.3) is 0 Å². The molecule has 0 aliphatic carbocycles. The lowest BCUT2D eigenvalue weighted by Crippen LogP contribution is -1.95. The van der Waals surface area contributed by atoms with E-state index in [-0.39, 0.29) is 17.2 Å². The number of carboxylic acid groups (broad SMARTS) is 1. The molecule has 0 saturated heterocycles. The molecule has 0 saturated carbocycles. The third kappa shape index (κ3) is 3.75. The van der Waals surface area contributed by atoms with Crippen molar-refractivity contribution in [1.29, 1.82) is 0 Å². The number of phenols is 1. The van der Waals surface area contributed by atoms with Crippen molar-refractivity contribution < 1.29 is 15.0 Å². The lowest BCUT2D eigenvalue weighted by atomic mass is 10.1. The number of aromatic nitrogens is 1. The van der Waals surface area contributed by atoms with Crippen molar-refractivity contribution >= 4 is 50.8 Å². The highest BCUT2D eigenvalue weighted by Gasteiger charge is 2.11. The molecule has 6 heteroatoms. The van der Waals surface area contributed by atoms with Crippen LogP contribution in [0.15, 0.2) is 42.5 Å². The zero-order valence-corrected chi connectivity index (χ0v) is 14.1. The van der Waals surface area contributed by atoms with Crippen LogP contribution in [-0.2, 0) is 4.79 Å². The molecule has 0 unspecified atom stereocenters. The molecule has 1 heterocycles. The highest BCUT2D eigenvalue weighted by atomic mass is 35.5. The van der Waals surface area contributed by atoms with Gasteiger partial charge in [-0.25, -0.2) is 4.98 Å². The minimum atomic E-state index is -0.856. The van der Waals surface area contributed by atoms with Gasteiger partial charge in [0.15, 0.2) is 0 Å². The van der Waals surface area contributed by atoms with E-state index in [1.165, 1.54) is 17.4 Å². The van der Waals surface area contributed by atoms with Crippen molar-refractivity contribution in [3.05, 3.63) is 58.1 Å². The number of fused-ring (bicyclic) bond motifs is 1. The quantitative estimate of drug-likeness (QED) is 0.667. The summed E-state index contributed by atoms with van der Waals surface area (Å²) in [5.41, 5.74) is 2.51. The molecule has 1 aromatic heterocycles. The number of phenolic OH excluding ortho intramolecular Hbond substituents is 1. The predicted octanol–water partition coefficient (Wildman–Crippen LogP) is 5.06. The van der Waals surface area contributed by atoms with Gasteiger partial charge in [0, 0.05) is 6.42 Å². The van der Waals surface area contributed by atoms with Gasteiger partial charge in [-0.15, -0.1) is 11.3 Å². The van der Waals surface area contributed by atoms with Gasteiger partial charge >= 0.3 is 5.97 Å². The minimum Gasteiger partial charge on any atom is -0.506 e. The number of thiazole rings is 1. The molecule has 0 spiro atoms. The smallest absolute Gasteiger partial charge is 0.303 e. The summed E-state index contributed by atoms with van der Waals surface area (Å²) in [6.45, 7) is 0. The average Bonchev–Trinajstić information content (AvgIpc) is 2.98. The molecule has 4 nitrogen and oxygen atoms in total. The van der Waals surface area contributed by atoms with E-state index in [1.54, 1.807) is 12.1 Å². The van der Waals surface area contributed by atoms with Crippen LogP contribution in [0.1, 0.15) is 23.4 Å². The first kappa shape index (κ1) is 16.5. The summed E-state index contributed by atoms with van der Waals surface area (Å²) in [7, 11) is 0. The van der Waals surface area contributed by atoms with Crippen LogP contribution in [-0.4, -0.2) is 21.2 Å². The van der Waals surface area contributed by atoms with Crippen LogP contribution in [0, 0.1) is 0 Å². The summed E-state index contributed by atoms with van der Waals surface area (Å²) in [4.78, 5) is 15.6. The molecule has 0 aliphatic heterocycles. The summed E-state index contributed by atoms with van der Waals surface area (Å²) in [5, 5.41) is 19.6. The van der Waals surface area contributed by atoms with Crippen LogP contribution in [0.4, 0.5) is 0 Å². The fraction of sp³-hybridized carbons (Fsp3) is 0.111. The molecule has 122 valence electrons. The monoisotopic (exact) mass is 359 g/mol. The first-order valence-corrected chi connectivity index (χ1v) is 8.49. The van der Waals surface area contributed by atoms with Crippen molar-refractivity contribution in [1.82, 2.24) is 4.98 Å². The first-order valence-electron chi connectivity index (χ1n) is 7.30. The number of para-hydroxylation sites is 1. The molecule has 0 bridgehead atoms. The SMILES string of the molecule is O=C(O)CC/C(=C/c1ccc(O)c(Cl)c1)c1nc2ccccc2s1. The van der Waals surface area contributed by atoms with Gasteiger partial charge in [0.1, 0.15) is 10.8 Å². The van der Waals surface area contributed by atoms with Gasteiger partial charge in [-0.1, -0.05) is 29.8 Å². The second-order valence-electron chi connectivity index (χ2n) is 5.26. The lowest BCUT2D eigenvalue weighted by molar-refractivity contribution is -0.136. The van der Waals surface area contributed by atoms with E-state index in [4.69, 9.17) is 16.7 Å². The Hall–Kier alpha value is -2.37. The molecule has 0 fully saturated rings. The van der Waals surface area contributed by atoms with Crippen molar-refractivity contribution in [3.63, 3.8) is 0 Å². The molecule has 2 aromatic carbocycles. The van der Waals surface area contributed by atoms with E-state index >= 15 is 0 Å². The van der Waals surface area contributed by atoms with Gasteiger partial charge in [0.2, 0.25) is 0 Å². The van der Waals surface area contributed by atoms with Crippen molar-refractivity contribution in [2.75, 3.05) is 0 Å². The second kappa shape index (κ2) is 7.03. The van der Waals surface area contributed by atoms with Crippen molar-refractivity contribution in [2.24, 2.45) is 0 Å². The van der Waals surface area contributed by atoms with Crippen LogP contribution in [0.25, 0.3) is 21.9 Å². The van der Waals surface area contributed by atoms with Gasteiger partial charge in [0.05, 0.1) is 15.2 Å². The summed E-state index contributed by atoms with van der Waals surface area (Å²) < 4.78 is 1.05. The standard InChI is InChI=1S/C18H14ClNO3S/c19-13-10-11(5-7-15(13)21)9-12(6-8-17(22)23)18-20-14-3-1-2-4-16(14)24-18/h1-5,7,9-10,21H,6,8H2,(H,22,23)/b12-9-. The van der Waals surface area contributed by atoms with Gasteiger partial charge in [-0.2, -0.15) is 0 Å². The normalized spacial score (nSPS) is 11.8. The van der Waals surface area contributed by atoms with E-state index in [2.05, 4.69) is 4.98 Å². The van der Waals surface area contributed by atoms with E-state index in [0.717, 1.165) is 26.4 Å². The minimum absolute atomic E-state index is 0.0147. The number of carboxylic acids is 1. The van der Waals surface area contributed by atoms with Crippen LogP contribution in [0.3, 0.4) is 0 Å². The van der Waals surface area contributed by atoms with Gasteiger partial charge < -0.3 is 10.2 Å². The summed E-state index contributed by atoms with van der Waals surface area (Å²) in [5.74, 6) is -0.841. The Labute approximate surface area is 147 Å². The molecule has 2 N–H and O–H groups in total. The molecule has 0 radical (unpaired) electrons.